The van der Waals surface area contributed by atoms with Gasteiger partial charge < -0.3 is 10.3 Å². The topological polar surface area (TPSA) is 54.8 Å². The van der Waals surface area contributed by atoms with E-state index in [1.165, 1.54) is 6.07 Å². The Bertz CT molecular complexity index is 502. The van der Waals surface area contributed by atoms with E-state index in [1.54, 1.807) is 10.6 Å². The molecule has 3 nitrogen and oxygen atoms in total. The molecule has 3 N–H and O–H groups in total. The monoisotopic (exact) mass is 205 g/mol. The van der Waals surface area contributed by atoms with Crippen LogP contribution in [0, 0.1) is 11.2 Å². The third-order valence-corrected chi connectivity index (χ3v) is 2.36. The van der Waals surface area contributed by atoms with Crippen LogP contribution in [0.5, 0.6) is 0 Å². The first-order valence-corrected chi connectivity index (χ1v) is 4.75. The van der Waals surface area contributed by atoms with Crippen LogP contribution in [0.2, 0.25) is 0 Å². The standard InChI is InChI=1S/C11H12FN3/c12-9-3-1-2-8-4-6-15(11(8)9)7-5-10(13)14/h1-4,6H,5,7H2,(H3,13,14). The fraction of sp³-hybridized carbons (Fsp3) is 0.182. The fourth-order valence-electron chi connectivity index (χ4n) is 1.64. The van der Waals surface area contributed by atoms with Gasteiger partial charge in [0.2, 0.25) is 0 Å². The average molecular weight is 205 g/mol. The van der Waals surface area contributed by atoms with Crippen molar-refractivity contribution in [1.82, 2.24) is 4.57 Å². The third-order valence-electron chi connectivity index (χ3n) is 2.36. The first-order valence-electron chi connectivity index (χ1n) is 4.75. The van der Waals surface area contributed by atoms with Gasteiger partial charge in [0.1, 0.15) is 5.82 Å². The quantitative estimate of drug-likeness (QED) is 0.585. The molecule has 0 spiro atoms. The Morgan fingerprint density at radius 3 is 2.93 bits per heavy atom. The second-order valence-electron chi connectivity index (χ2n) is 3.46. The number of benzene rings is 1. The van der Waals surface area contributed by atoms with E-state index < -0.39 is 0 Å². The van der Waals surface area contributed by atoms with Crippen LogP contribution in [0.3, 0.4) is 0 Å². The SMILES string of the molecule is N=C(N)CCn1ccc2cccc(F)c21. The minimum atomic E-state index is -0.235. The molecule has 0 fully saturated rings. The number of fused-ring (bicyclic) bond motifs is 1. The van der Waals surface area contributed by atoms with Gasteiger partial charge in [-0.3, -0.25) is 5.41 Å². The summed E-state index contributed by atoms with van der Waals surface area (Å²) in [6.07, 6.45) is 2.26. The number of rotatable bonds is 3. The second-order valence-corrected chi connectivity index (χ2v) is 3.46. The summed E-state index contributed by atoms with van der Waals surface area (Å²) < 4.78 is 15.3. The van der Waals surface area contributed by atoms with E-state index in [1.807, 2.05) is 18.3 Å². The molecule has 0 aliphatic rings. The molecule has 0 unspecified atom stereocenters. The van der Waals surface area contributed by atoms with E-state index in [9.17, 15) is 4.39 Å². The van der Waals surface area contributed by atoms with Crippen LogP contribution in [0.15, 0.2) is 30.5 Å². The molecule has 2 rings (SSSR count). The molecule has 0 amide bonds. The molecule has 1 heterocycles. The highest BCUT2D eigenvalue weighted by Gasteiger charge is 2.05. The molecule has 0 saturated heterocycles. The van der Waals surface area contributed by atoms with Crippen molar-refractivity contribution in [2.45, 2.75) is 13.0 Å². The normalized spacial score (nSPS) is 10.7. The summed E-state index contributed by atoms with van der Waals surface area (Å²) >= 11 is 0. The number of aromatic nitrogens is 1. The van der Waals surface area contributed by atoms with Crippen molar-refractivity contribution in [2.75, 3.05) is 0 Å². The lowest BCUT2D eigenvalue weighted by molar-refractivity contribution is 0.623. The summed E-state index contributed by atoms with van der Waals surface area (Å²) in [4.78, 5) is 0. The predicted molar refractivity (Wildman–Crippen MR) is 58.4 cm³/mol. The Hall–Kier alpha value is -1.84. The van der Waals surface area contributed by atoms with E-state index in [0.717, 1.165) is 5.39 Å². The van der Waals surface area contributed by atoms with Gasteiger partial charge in [0.25, 0.3) is 0 Å². The zero-order valence-corrected chi connectivity index (χ0v) is 8.20. The maximum atomic E-state index is 13.5. The first-order chi connectivity index (χ1) is 7.18. The van der Waals surface area contributed by atoms with E-state index in [0.29, 0.717) is 18.5 Å². The smallest absolute Gasteiger partial charge is 0.147 e. The summed E-state index contributed by atoms with van der Waals surface area (Å²) in [6, 6.07) is 6.85. The van der Waals surface area contributed by atoms with Crippen LogP contribution in [0.25, 0.3) is 10.9 Å². The number of hydrogen-bond acceptors (Lipinski definition) is 1. The van der Waals surface area contributed by atoms with E-state index in [4.69, 9.17) is 11.1 Å². The summed E-state index contributed by atoms with van der Waals surface area (Å²) in [6.45, 7) is 0.541. The molecule has 0 saturated carbocycles. The van der Waals surface area contributed by atoms with Crippen molar-refractivity contribution in [3.8, 4) is 0 Å². The van der Waals surface area contributed by atoms with Gasteiger partial charge in [-0.1, -0.05) is 12.1 Å². The van der Waals surface area contributed by atoms with Crippen LogP contribution in [0.1, 0.15) is 6.42 Å². The highest BCUT2D eigenvalue weighted by molar-refractivity contribution is 5.81. The average Bonchev–Trinajstić information content (AvgIpc) is 2.59. The Kier molecular flexibility index (Phi) is 2.41. The first kappa shape index (κ1) is 9.71. The van der Waals surface area contributed by atoms with Gasteiger partial charge in [-0.15, -0.1) is 0 Å². The van der Waals surface area contributed by atoms with Crippen LogP contribution in [-0.4, -0.2) is 10.4 Å². The van der Waals surface area contributed by atoms with Crippen molar-refractivity contribution in [1.29, 1.82) is 5.41 Å². The highest BCUT2D eigenvalue weighted by atomic mass is 19.1. The molecular formula is C11H12FN3. The molecule has 0 aliphatic heterocycles. The minimum absolute atomic E-state index is 0.119. The van der Waals surface area contributed by atoms with Crippen LogP contribution < -0.4 is 5.73 Å². The number of nitrogens with zero attached hydrogens (tertiary/aromatic N) is 1. The number of para-hydroxylation sites is 1. The van der Waals surface area contributed by atoms with Crippen LogP contribution in [-0.2, 0) is 6.54 Å². The molecule has 4 heteroatoms. The van der Waals surface area contributed by atoms with Gasteiger partial charge in [-0.2, -0.15) is 0 Å². The summed E-state index contributed by atoms with van der Waals surface area (Å²) in [5.74, 6) is -0.116. The Morgan fingerprint density at radius 2 is 2.20 bits per heavy atom. The van der Waals surface area contributed by atoms with Gasteiger partial charge in [-0.25, -0.2) is 4.39 Å². The summed E-state index contributed by atoms with van der Waals surface area (Å²) in [5, 5.41) is 8.00. The maximum absolute atomic E-state index is 13.5. The van der Waals surface area contributed by atoms with Gasteiger partial charge in [0, 0.05) is 24.5 Å². The van der Waals surface area contributed by atoms with E-state index in [-0.39, 0.29) is 11.7 Å². The molecular weight excluding hydrogens is 193 g/mol. The lowest BCUT2D eigenvalue weighted by atomic mass is 10.2. The summed E-state index contributed by atoms with van der Waals surface area (Å²) in [7, 11) is 0. The van der Waals surface area contributed by atoms with Crippen molar-refractivity contribution in [3.05, 3.63) is 36.3 Å². The van der Waals surface area contributed by atoms with Gasteiger partial charge in [0.05, 0.1) is 11.4 Å². The highest BCUT2D eigenvalue weighted by Crippen LogP contribution is 2.19. The molecule has 0 atom stereocenters. The van der Waals surface area contributed by atoms with E-state index in [2.05, 4.69) is 0 Å². The second kappa shape index (κ2) is 3.73. The number of halogens is 1. The summed E-state index contributed by atoms with van der Waals surface area (Å²) in [5.41, 5.74) is 5.85. The molecule has 78 valence electrons. The molecule has 1 aromatic carbocycles. The molecule has 1 aromatic heterocycles. The zero-order valence-electron chi connectivity index (χ0n) is 8.20. The third kappa shape index (κ3) is 1.83. The zero-order chi connectivity index (χ0) is 10.8. The number of hydrogen-bond donors (Lipinski definition) is 2. The minimum Gasteiger partial charge on any atom is -0.388 e. The number of nitrogens with one attached hydrogen (secondary N) is 1. The number of aryl methyl sites for hydroxylation is 1. The van der Waals surface area contributed by atoms with Crippen molar-refractivity contribution in [3.63, 3.8) is 0 Å². The molecule has 0 radical (unpaired) electrons. The van der Waals surface area contributed by atoms with Crippen molar-refractivity contribution < 1.29 is 4.39 Å². The lowest BCUT2D eigenvalue weighted by Crippen LogP contribution is -2.12. The van der Waals surface area contributed by atoms with E-state index >= 15 is 0 Å². The van der Waals surface area contributed by atoms with Crippen molar-refractivity contribution >= 4 is 16.7 Å². The molecule has 15 heavy (non-hydrogen) atoms. The predicted octanol–water partition coefficient (Wildman–Crippen LogP) is 2.11. The Labute approximate surface area is 86.8 Å². The molecule has 0 bridgehead atoms. The lowest BCUT2D eigenvalue weighted by Gasteiger charge is -2.04. The van der Waals surface area contributed by atoms with Gasteiger partial charge in [-0.05, 0) is 12.1 Å². The molecule has 0 aliphatic carbocycles. The van der Waals surface area contributed by atoms with Gasteiger partial charge in [0.15, 0.2) is 0 Å². The number of amidine groups is 1. The molecule has 2 aromatic rings. The van der Waals surface area contributed by atoms with Crippen LogP contribution in [0.4, 0.5) is 4.39 Å². The van der Waals surface area contributed by atoms with Crippen LogP contribution >= 0.6 is 0 Å². The Morgan fingerprint density at radius 1 is 1.40 bits per heavy atom. The van der Waals surface area contributed by atoms with Crippen molar-refractivity contribution in [2.24, 2.45) is 5.73 Å². The Balaban J connectivity index is 2.39. The van der Waals surface area contributed by atoms with Gasteiger partial charge >= 0.3 is 0 Å². The largest absolute Gasteiger partial charge is 0.388 e. The number of nitrogens with two attached hydrogens (primary N) is 1. The fourth-order valence-corrected chi connectivity index (χ4v) is 1.64. The maximum Gasteiger partial charge on any atom is 0.147 e.